The van der Waals surface area contributed by atoms with Gasteiger partial charge in [0.2, 0.25) is 11.0 Å². The number of hydrogen-bond donors (Lipinski definition) is 1. The lowest BCUT2D eigenvalue weighted by Gasteiger charge is -2.12. The molecule has 0 radical (unpaired) electrons. The van der Waals surface area contributed by atoms with E-state index in [-0.39, 0.29) is 11.3 Å². The number of nitrogens with zero attached hydrogens (tertiary/aromatic N) is 3. The molecule has 28 heavy (non-hydrogen) atoms. The average Bonchev–Trinajstić information content (AvgIpc) is 3.27. The minimum Gasteiger partial charge on any atom is -0.487 e. The molecule has 0 aliphatic rings. The first-order valence-corrected chi connectivity index (χ1v) is 10.5. The second-order valence-corrected chi connectivity index (χ2v) is 9.21. The minimum absolute atomic E-state index is 0.0946. The summed E-state index contributed by atoms with van der Waals surface area (Å²) in [5, 5.41) is 15.3. The first kappa shape index (κ1) is 20.2. The Balaban J connectivity index is 1.63. The number of benzene rings is 1. The highest BCUT2D eigenvalue weighted by Gasteiger charge is 2.19. The van der Waals surface area contributed by atoms with Crippen LogP contribution >= 0.6 is 22.7 Å². The molecule has 8 heteroatoms. The van der Waals surface area contributed by atoms with E-state index in [4.69, 9.17) is 4.74 Å². The molecule has 1 aromatic carbocycles. The number of carbonyl (C=O) groups is 1. The van der Waals surface area contributed by atoms with Crippen LogP contribution in [0, 0.1) is 6.92 Å². The number of nitrogens with one attached hydrogen (secondary N) is 1. The summed E-state index contributed by atoms with van der Waals surface area (Å²) in [6.07, 6.45) is 3.19. The van der Waals surface area contributed by atoms with Gasteiger partial charge in [-0.2, -0.15) is 0 Å². The Morgan fingerprint density at radius 1 is 1.25 bits per heavy atom. The Morgan fingerprint density at radius 3 is 2.71 bits per heavy atom. The molecule has 2 aromatic heterocycles. The Morgan fingerprint density at radius 2 is 2.04 bits per heavy atom. The molecule has 0 saturated heterocycles. The maximum atomic E-state index is 12.2. The number of anilines is 1. The zero-order chi connectivity index (χ0) is 20.1. The molecular weight excluding hydrogens is 392 g/mol. The molecule has 0 spiro atoms. The highest BCUT2D eigenvalue weighted by molar-refractivity contribution is 7.15. The van der Waals surface area contributed by atoms with E-state index in [1.54, 1.807) is 17.4 Å². The van der Waals surface area contributed by atoms with Gasteiger partial charge in [-0.25, -0.2) is 4.98 Å². The number of hydrogen-bond acceptors (Lipinski definition) is 7. The van der Waals surface area contributed by atoms with Crippen molar-refractivity contribution in [3.8, 4) is 5.75 Å². The third-order valence-electron chi connectivity index (χ3n) is 3.67. The first-order chi connectivity index (χ1) is 13.3. The monoisotopic (exact) mass is 414 g/mol. The van der Waals surface area contributed by atoms with E-state index in [1.165, 1.54) is 17.4 Å². The zero-order valence-corrected chi connectivity index (χ0v) is 17.9. The molecule has 3 aromatic rings. The van der Waals surface area contributed by atoms with Crippen LogP contribution in [0.4, 0.5) is 5.13 Å². The smallest absolute Gasteiger partial charge is 0.250 e. The number of amides is 1. The summed E-state index contributed by atoms with van der Waals surface area (Å²) in [5.74, 6) is 0.435. The fraction of sp³-hybridized carbons (Fsp3) is 0.300. The Hall–Kier alpha value is -2.58. The van der Waals surface area contributed by atoms with E-state index in [0.717, 1.165) is 21.3 Å². The lowest BCUT2D eigenvalue weighted by atomic mass is 9.98. The summed E-state index contributed by atoms with van der Waals surface area (Å²) >= 11 is 2.98. The average molecular weight is 415 g/mol. The van der Waals surface area contributed by atoms with E-state index in [1.807, 2.05) is 36.6 Å². The molecular formula is C20H22N4O2S2. The number of rotatable bonds is 6. The molecule has 1 amide bonds. The summed E-state index contributed by atoms with van der Waals surface area (Å²) in [7, 11) is 0. The number of ether oxygens (including phenoxy) is 1. The van der Waals surface area contributed by atoms with Gasteiger partial charge in [0.25, 0.3) is 0 Å². The summed E-state index contributed by atoms with van der Waals surface area (Å²) in [5.41, 5.74) is 1.62. The number of aromatic nitrogens is 3. The standard InChI is InChI=1S/C20H22N4O2S2/c1-13-21-15(12-27-13)11-26-16-8-6-5-7-14(16)9-10-17(25)22-19-24-23-18(28-19)20(2,3)4/h5-10,12H,11H2,1-4H3,(H,22,24,25). The zero-order valence-electron chi connectivity index (χ0n) is 16.2. The van der Waals surface area contributed by atoms with E-state index < -0.39 is 0 Å². The van der Waals surface area contributed by atoms with Crippen LogP contribution < -0.4 is 10.1 Å². The lowest BCUT2D eigenvalue weighted by molar-refractivity contribution is -0.111. The third kappa shape index (κ3) is 5.46. The topological polar surface area (TPSA) is 77.0 Å². The normalized spacial score (nSPS) is 11.7. The predicted molar refractivity (Wildman–Crippen MR) is 114 cm³/mol. The summed E-state index contributed by atoms with van der Waals surface area (Å²) in [4.78, 5) is 16.6. The molecule has 3 rings (SSSR count). The second-order valence-electron chi connectivity index (χ2n) is 7.17. The van der Waals surface area contributed by atoms with Gasteiger partial charge >= 0.3 is 0 Å². The van der Waals surface area contributed by atoms with Crippen molar-refractivity contribution in [2.75, 3.05) is 5.32 Å². The van der Waals surface area contributed by atoms with Crippen molar-refractivity contribution in [1.29, 1.82) is 0 Å². The second kappa shape index (κ2) is 8.62. The fourth-order valence-corrected chi connectivity index (χ4v) is 3.67. The molecule has 0 unspecified atom stereocenters. The molecule has 0 saturated carbocycles. The van der Waals surface area contributed by atoms with Crippen LogP contribution in [0.15, 0.2) is 35.7 Å². The minimum atomic E-state index is -0.262. The van der Waals surface area contributed by atoms with Crippen molar-refractivity contribution in [1.82, 2.24) is 15.2 Å². The maximum absolute atomic E-state index is 12.2. The molecule has 2 heterocycles. The van der Waals surface area contributed by atoms with Gasteiger partial charge in [0, 0.05) is 22.4 Å². The Bertz CT molecular complexity index is 986. The predicted octanol–water partition coefficient (Wildman–Crippen LogP) is 4.83. The van der Waals surface area contributed by atoms with E-state index >= 15 is 0 Å². The summed E-state index contributed by atoms with van der Waals surface area (Å²) in [6, 6.07) is 7.57. The molecule has 0 aliphatic heterocycles. The van der Waals surface area contributed by atoms with Crippen molar-refractivity contribution < 1.29 is 9.53 Å². The van der Waals surface area contributed by atoms with Gasteiger partial charge in [-0.05, 0) is 19.1 Å². The summed E-state index contributed by atoms with van der Waals surface area (Å²) < 4.78 is 5.87. The van der Waals surface area contributed by atoms with E-state index in [9.17, 15) is 4.79 Å². The van der Waals surface area contributed by atoms with Gasteiger partial charge in [0.05, 0.1) is 10.7 Å². The SMILES string of the molecule is Cc1nc(COc2ccccc2C=CC(=O)Nc2nnc(C(C)(C)C)s2)cs1. The Labute approximate surface area is 172 Å². The quantitative estimate of drug-likeness (QED) is 0.585. The van der Waals surface area contributed by atoms with Crippen molar-refractivity contribution in [2.24, 2.45) is 0 Å². The third-order valence-corrected chi connectivity index (χ3v) is 5.76. The van der Waals surface area contributed by atoms with Gasteiger partial charge in [-0.3, -0.25) is 10.1 Å². The van der Waals surface area contributed by atoms with Crippen molar-refractivity contribution >= 4 is 39.8 Å². The van der Waals surface area contributed by atoms with Crippen molar-refractivity contribution in [2.45, 2.75) is 39.7 Å². The number of aryl methyl sites for hydroxylation is 1. The summed E-state index contributed by atoms with van der Waals surface area (Å²) in [6.45, 7) is 8.53. The molecule has 1 N–H and O–H groups in total. The number of carbonyl (C=O) groups excluding carboxylic acids is 1. The maximum Gasteiger partial charge on any atom is 0.250 e. The highest BCUT2D eigenvalue weighted by Crippen LogP contribution is 2.27. The van der Waals surface area contributed by atoms with E-state index in [2.05, 4.69) is 41.3 Å². The fourth-order valence-electron chi connectivity index (χ4n) is 2.27. The van der Waals surface area contributed by atoms with E-state index in [0.29, 0.717) is 17.5 Å². The molecule has 146 valence electrons. The van der Waals surface area contributed by atoms with Gasteiger partial charge in [0.1, 0.15) is 17.4 Å². The van der Waals surface area contributed by atoms with Crippen LogP contribution in [0.5, 0.6) is 5.75 Å². The molecule has 0 bridgehead atoms. The van der Waals surface area contributed by atoms with Crippen LogP contribution in [0.2, 0.25) is 0 Å². The van der Waals surface area contributed by atoms with Crippen LogP contribution in [0.3, 0.4) is 0 Å². The lowest BCUT2D eigenvalue weighted by Crippen LogP contribution is -2.10. The largest absolute Gasteiger partial charge is 0.487 e. The van der Waals surface area contributed by atoms with Crippen molar-refractivity contribution in [3.63, 3.8) is 0 Å². The van der Waals surface area contributed by atoms with Crippen LogP contribution in [0.25, 0.3) is 6.08 Å². The highest BCUT2D eigenvalue weighted by atomic mass is 32.1. The van der Waals surface area contributed by atoms with Crippen LogP contribution in [-0.2, 0) is 16.8 Å². The molecule has 0 atom stereocenters. The number of para-hydroxylation sites is 1. The number of thiazole rings is 1. The van der Waals surface area contributed by atoms with Crippen molar-refractivity contribution in [3.05, 3.63) is 57.0 Å². The van der Waals surface area contributed by atoms with Gasteiger partial charge in [-0.15, -0.1) is 21.5 Å². The van der Waals surface area contributed by atoms with Gasteiger partial charge in [-0.1, -0.05) is 50.3 Å². The van der Waals surface area contributed by atoms with Gasteiger partial charge < -0.3 is 4.74 Å². The Kier molecular flexibility index (Phi) is 6.21. The van der Waals surface area contributed by atoms with Gasteiger partial charge in [0.15, 0.2) is 0 Å². The molecule has 6 nitrogen and oxygen atoms in total. The van der Waals surface area contributed by atoms with Crippen LogP contribution in [0.1, 0.15) is 42.0 Å². The first-order valence-electron chi connectivity index (χ1n) is 8.77. The molecule has 0 fully saturated rings. The molecule has 0 aliphatic carbocycles. The van der Waals surface area contributed by atoms with Crippen LogP contribution in [-0.4, -0.2) is 21.1 Å².